The van der Waals surface area contributed by atoms with Crippen molar-refractivity contribution < 1.29 is 8.78 Å². The Morgan fingerprint density at radius 1 is 0.952 bits per heavy atom. The van der Waals surface area contributed by atoms with E-state index in [4.69, 9.17) is 0 Å². The molecule has 0 saturated heterocycles. The minimum absolute atomic E-state index is 0.142. The Balaban J connectivity index is 1.84. The second kappa shape index (κ2) is 7.91. The van der Waals surface area contributed by atoms with E-state index in [9.17, 15) is 8.78 Å². The maximum atomic E-state index is 13.7. The highest BCUT2D eigenvalue weighted by molar-refractivity contribution is 5.28. The summed E-state index contributed by atoms with van der Waals surface area (Å²) in [6.07, 6.45) is 11.3. The van der Waals surface area contributed by atoms with Crippen molar-refractivity contribution >= 4 is 0 Å². The molecule has 1 aromatic rings. The van der Waals surface area contributed by atoms with E-state index in [1.165, 1.54) is 51.9 Å². The Hall–Kier alpha value is -0.920. The molecule has 0 aliphatic heterocycles. The number of rotatable bonds is 6. The number of hydrogen-bond acceptors (Lipinski definition) is 0. The van der Waals surface area contributed by atoms with Gasteiger partial charge in [0.15, 0.2) is 0 Å². The first-order chi connectivity index (χ1) is 10.1. The van der Waals surface area contributed by atoms with Crippen molar-refractivity contribution in [3.63, 3.8) is 0 Å². The first-order valence-corrected chi connectivity index (χ1v) is 8.57. The smallest absolute Gasteiger partial charge is 0.129 e. The van der Waals surface area contributed by atoms with Crippen LogP contribution in [0.25, 0.3) is 0 Å². The molecule has 1 fully saturated rings. The molecule has 0 spiro atoms. The Morgan fingerprint density at radius 2 is 1.57 bits per heavy atom. The van der Waals surface area contributed by atoms with Gasteiger partial charge >= 0.3 is 0 Å². The van der Waals surface area contributed by atoms with Crippen LogP contribution in [0.2, 0.25) is 0 Å². The lowest BCUT2D eigenvalue weighted by Gasteiger charge is -2.29. The maximum absolute atomic E-state index is 13.7. The van der Waals surface area contributed by atoms with Crippen LogP contribution in [0.1, 0.15) is 81.8 Å². The number of unbranched alkanes of at least 4 members (excludes halogenated alkanes) is 3. The summed E-state index contributed by atoms with van der Waals surface area (Å²) in [5.41, 5.74) is 1.00. The molecule has 0 radical (unpaired) electrons. The summed E-state index contributed by atoms with van der Waals surface area (Å²) in [6.45, 7) is 3.74. The lowest BCUT2D eigenvalue weighted by atomic mass is 9.77. The van der Waals surface area contributed by atoms with Gasteiger partial charge in [-0.3, -0.25) is 0 Å². The summed E-state index contributed by atoms with van der Waals surface area (Å²) >= 11 is 0. The third kappa shape index (κ3) is 4.52. The largest absolute Gasteiger partial charge is 0.207 e. The average molecular weight is 294 g/mol. The molecule has 2 rings (SSSR count). The third-order valence-electron chi connectivity index (χ3n) is 5.09. The summed E-state index contributed by atoms with van der Waals surface area (Å²) in [7, 11) is 0. The molecule has 0 N–H and O–H groups in total. The highest BCUT2D eigenvalue weighted by Gasteiger charge is 2.23. The lowest BCUT2D eigenvalue weighted by Crippen LogP contribution is -2.14. The van der Waals surface area contributed by atoms with E-state index in [2.05, 4.69) is 6.92 Å². The van der Waals surface area contributed by atoms with E-state index in [1.807, 2.05) is 0 Å². The second-order valence-corrected chi connectivity index (χ2v) is 6.68. The standard InChI is InChI=1S/C19H28F2/c1-3-4-5-6-7-15-8-10-16(11-9-15)17-12-18(20)14(2)19(21)13-17/h12-13,15-16H,3-11H2,1-2H3. The predicted octanol–water partition coefficient (Wildman–Crippen LogP) is 6.52. The van der Waals surface area contributed by atoms with E-state index in [0.717, 1.165) is 24.3 Å². The van der Waals surface area contributed by atoms with Crippen LogP contribution >= 0.6 is 0 Å². The van der Waals surface area contributed by atoms with Gasteiger partial charge in [-0.15, -0.1) is 0 Å². The van der Waals surface area contributed by atoms with Crippen LogP contribution in [-0.4, -0.2) is 0 Å². The van der Waals surface area contributed by atoms with Crippen LogP contribution < -0.4 is 0 Å². The predicted molar refractivity (Wildman–Crippen MR) is 84.6 cm³/mol. The van der Waals surface area contributed by atoms with Crippen molar-refractivity contribution in [2.75, 3.05) is 0 Å². The summed E-state index contributed by atoms with van der Waals surface area (Å²) in [5, 5.41) is 0. The first-order valence-electron chi connectivity index (χ1n) is 8.57. The molecule has 0 amide bonds. The van der Waals surface area contributed by atoms with E-state index in [1.54, 1.807) is 12.1 Å². The molecule has 0 bridgehead atoms. The molecule has 0 unspecified atom stereocenters. The third-order valence-corrected chi connectivity index (χ3v) is 5.09. The van der Waals surface area contributed by atoms with E-state index >= 15 is 0 Å². The van der Waals surface area contributed by atoms with Crippen molar-refractivity contribution in [1.29, 1.82) is 0 Å². The average Bonchev–Trinajstić information content (AvgIpc) is 2.49. The van der Waals surface area contributed by atoms with Gasteiger partial charge < -0.3 is 0 Å². The van der Waals surface area contributed by atoms with Gasteiger partial charge in [0.1, 0.15) is 11.6 Å². The molecule has 0 aromatic heterocycles. The Morgan fingerprint density at radius 3 is 2.14 bits per heavy atom. The van der Waals surface area contributed by atoms with Gasteiger partial charge in [-0.25, -0.2) is 8.78 Å². The van der Waals surface area contributed by atoms with Crippen LogP contribution in [0, 0.1) is 24.5 Å². The van der Waals surface area contributed by atoms with Crippen LogP contribution in [0.5, 0.6) is 0 Å². The molecule has 0 nitrogen and oxygen atoms in total. The van der Waals surface area contributed by atoms with Crippen LogP contribution in [0.4, 0.5) is 8.78 Å². The number of benzene rings is 1. The Kier molecular flexibility index (Phi) is 6.20. The first kappa shape index (κ1) is 16.5. The quantitative estimate of drug-likeness (QED) is 0.524. The molecular formula is C19H28F2. The molecule has 21 heavy (non-hydrogen) atoms. The number of hydrogen-bond donors (Lipinski definition) is 0. The highest BCUT2D eigenvalue weighted by atomic mass is 19.1. The van der Waals surface area contributed by atoms with Gasteiger partial charge in [-0.2, -0.15) is 0 Å². The fourth-order valence-electron chi connectivity index (χ4n) is 3.54. The molecule has 1 aliphatic rings. The van der Waals surface area contributed by atoms with Crippen molar-refractivity contribution in [3.8, 4) is 0 Å². The van der Waals surface area contributed by atoms with Crippen LogP contribution in [-0.2, 0) is 0 Å². The van der Waals surface area contributed by atoms with Crippen LogP contribution in [0.3, 0.4) is 0 Å². The molecule has 1 aliphatic carbocycles. The van der Waals surface area contributed by atoms with E-state index < -0.39 is 11.6 Å². The number of halogens is 2. The van der Waals surface area contributed by atoms with Crippen molar-refractivity contribution in [2.45, 2.75) is 77.6 Å². The van der Waals surface area contributed by atoms with Gasteiger partial charge in [-0.05, 0) is 62.1 Å². The fraction of sp³-hybridized carbons (Fsp3) is 0.684. The molecule has 2 heteroatoms. The lowest BCUT2D eigenvalue weighted by molar-refractivity contribution is 0.301. The van der Waals surface area contributed by atoms with Gasteiger partial charge in [0.2, 0.25) is 0 Å². The van der Waals surface area contributed by atoms with Gasteiger partial charge in [-0.1, -0.05) is 39.0 Å². The molecule has 0 heterocycles. The van der Waals surface area contributed by atoms with Gasteiger partial charge in [0, 0.05) is 5.56 Å². The second-order valence-electron chi connectivity index (χ2n) is 6.68. The summed E-state index contributed by atoms with van der Waals surface area (Å²) < 4.78 is 27.3. The minimum Gasteiger partial charge on any atom is -0.207 e. The highest BCUT2D eigenvalue weighted by Crippen LogP contribution is 2.38. The topological polar surface area (TPSA) is 0 Å². The van der Waals surface area contributed by atoms with Gasteiger partial charge in [0.05, 0.1) is 0 Å². The fourth-order valence-corrected chi connectivity index (χ4v) is 3.54. The van der Waals surface area contributed by atoms with Crippen molar-refractivity contribution in [3.05, 3.63) is 34.9 Å². The molecular weight excluding hydrogens is 266 g/mol. The zero-order chi connectivity index (χ0) is 15.2. The molecule has 0 atom stereocenters. The van der Waals surface area contributed by atoms with E-state index in [0.29, 0.717) is 5.92 Å². The van der Waals surface area contributed by atoms with Crippen LogP contribution in [0.15, 0.2) is 12.1 Å². The summed E-state index contributed by atoms with van der Waals surface area (Å²) in [5.74, 6) is 0.387. The SMILES string of the molecule is CCCCCCC1CCC(c2cc(F)c(C)c(F)c2)CC1. The van der Waals surface area contributed by atoms with Crippen molar-refractivity contribution in [2.24, 2.45) is 5.92 Å². The Labute approximate surface area is 128 Å². The summed E-state index contributed by atoms with van der Waals surface area (Å²) in [6, 6.07) is 3.09. The zero-order valence-electron chi connectivity index (χ0n) is 13.4. The van der Waals surface area contributed by atoms with E-state index in [-0.39, 0.29) is 5.56 Å². The minimum atomic E-state index is -0.397. The van der Waals surface area contributed by atoms with Gasteiger partial charge in [0.25, 0.3) is 0 Å². The normalized spacial score (nSPS) is 22.5. The van der Waals surface area contributed by atoms with Crippen molar-refractivity contribution in [1.82, 2.24) is 0 Å². The zero-order valence-corrected chi connectivity index (χ0v) is 13.4. The maximum Gasteiger partial charge on any atom is 0.129 e. The monoisotopic (exact) mass is 294 g/mol. The summed E-state index contributed by atoms with van der Waals surface area (Å²) in [4.78, 5) is 0. The Bertz CT molecular complexity index is 422. The molecule has 1 saturated carbocycles. The molecule has 118 valence electrons. The molecule has 1 aromatic carbocycles.